The standard InChI is InChI=1S/C23H31NSi/c1-18(2)25(19(3)4,20(5)6)16-15-21-11-10-14-23(17-21)24-22-12-8-7-9-13-22/h7-14,17-20,24H,1-6H3. The van der Waals surface area contributed by atoms with E-state index in [0.29, 0.717) is 16.6 Å². The van der Waals surface area contributed by atoms with Crippen molar-refractivity contribution in [2.75, 3.05) is 5.32 Å². The van der Waals surface area contributed by atoms with Crippen molar-refractivity contribution in [3.8, 4) is 11.5 Å². The van der Waals surface area contributed by atoms with Crippen molar-refractivity contribution in [3.05, 3.63) is 60.2 Å². The van der Waals surface area contributed by atoms with Crippen LogP contribution in [-0.4, -0.2) is 8.07 Å². The van der Waals surface area contributed by atoms with Crippen LogP contribution in [0.1, 0.15) is 47.1 Å². The van der Waals surface area contributed by atoms with Crippen LogP contribution in [0.2, 0.25) is 16.6 Å². The molecule has 0 aliphatic rings. The van der Waals surface area contributed by atoms with Crippen LogP contribution in [-0.2, 0) is 0 Å². The Kier molecular flexibility index (Phi) is 6.50. The molecule has 0 radical (unpaired) electrons. The van der Waals surface area contributed by atoms with E-state index in [1.54, 1.807) is 0 Å². The Morgan fingerprint density at radius 1 is 0.720 bits per heavy atom. The van der Waals surface area contributed by atoms with Crippen LogP contribution in [0, 0.1) is 11.5 Å². The van der Waals surface area contributed by atoms with Gasteiger partial charge in [-0.3, -0.25) is 0 Å². The largest absolute Gasteiger partial charge is 0.355 e. The second-order valence-corrected chi connectivity index (χ2v) is 13.3. The highest BCUT2D eigenvalue weighted by molar-refractivity contribution is 6.90. The number of hydrogen-bond acceptors (Lipinski definition) is 1. The van der Waals surface area contributed by atoms with Crippen molar-refractivity contribution in [1.29, 1.82) is 0 Å². The molecule has 0 unspecified atom stereocenters. The number of benzene rings is 2. The number of nitrogens with one attached hydrogen (secondary N) is 1. The van der Waals surface area contributed by atoms with E-state index < -0.39 is 8.07 Å². The number of rotatable bonds is 5. The average molecular weight is 350 g/mol. The van der Waals surface area contributed by atoms with E-state index in [9.17, 15) is 0 Å². The highest BCUT2D eigenvalue weighted by Gasteiger charge is 2.41. The molecular weight excluding hydrogens is 318 g/mol. The second-order valence-electron chi connectivity index (χ2n) is 7.72. The topological polar surface area (TPSA) is 12.0 Å². The molecule has 0 fully saturated rings. The van der Waals surface area contributed by atoms with E-state index in [4.69, 9.17) is 0 Å². The summed E-state index contributed by atoms with van der Waals surface area (Å²) in [5.41, 5.74) is 9.06. The molecule has 0 aromatic heterocycles. The van der Waals surface area contributed by atoms with E-state index in [1.807, 2.05) is 18.2 Å². The third-order valence-corrected chi connectivity index (χ3v) is 11.5. The summed E-state index contributed by atoms with van der Waals surface area (Å²) in [7, 11) is -1.68. The Hall–Kier alpha value is -1.98. The quantitative estimate of drug-likeness (QED) is 0.452. The Balaban J connectivity index is 2.31. The smallest absolute Gasteiger partial charge is 0.146 e. The molecule has 2 aromatic rings. The van der Waals surface area contributed by atoms with Gasteiger partial charge in [0.25, 0.3) is 0 Å². The lowest BCUT2D eigenvalue weighted by Gasteiger charge is -2.38. The zero-order chi connectivity index (χ0) is 18.4. The molecule has 0 spiro atoms. The summed E-state index contributed by atoms with van der Waals surface area (Å²) in [4.78, 5) is 0. The fourth-order valence-electron chi connectivity index (χ4n) is 3.98. The Bertz CT molecular complexity index is 714. The molecule has 1 N–H and O–H groups in total. The van der Waals surface area contributed by atoms with Gasteiger partial charge in [-0.15, -0.1) is 5.54 Å². The van der Waals surface area contributed by atoms with Gasteiger partial charge in [-0.1, -0.05) is 71.7 Å². The van der Waals surface area contributed by atoms with E-state index in [-0.39, 0.29) is 0 Å². The van der Waals surface area contributed by atoms with Crippen molar-refractivity contribution in [2.24, 2.45) is 0 Å². The maximum atomic E-state index is 3.80. The molecule has 2 heteroatoms. The van der Waals surface area contributed by atoms with Crippen molar-refractivity contribution in [2.45, 2.75) is 58.2 Å². The maximum absolute atomic E-state index is 3.80. The van der Waals surface area contributed by atoms with Gasteiger partial charge in [-0.05, 0) is 47.0 Å². The lowest BCUT2D eigenvalue weighted by Crippen LogP contribution is -2.43. The third-order valence-electron chi connectivity index (χ3n) is 5.21. The van der Waals surface area contributed by atoms with Gasteiger partial charge >= 0.3 is 0 Å². The Labute approximate surface area is 154 Å². The molecule has 25 heavy (non-hydrogen) atoms. The number of anilines is 2. The molecule has 0 bridgehead atoms. The molecule has 0 saturated carbocycles. The highest BCUT2D eigenvalue weighted by Crippen LogP contribution is 2.40. The summed E-state index contributed by atoms with van der Waals surface area (Å²) in [6.45, 7) is 14.1. The van der Waals surface area contributed by atoms with Crippen molar-refractivity contribution in [1.82, 2.24) is 0 Å². The first kappa shape index (κ1) is 19.3. The molecule has 0 atom stereocenters. The van der Waals surface area contributed by atoms with Crippen LogP contribution in [0.4, 0.5) is 11.4 Å². The highest BCUT2D eigenvalue weighted by atomic mass is 28.3. The predicted octanol–water partition coefficient (Wildman–Crippen LogP) is 7.00. The van der Waals surface area contributed by atoms with Gasteiger partial charge in [0.15, 0.2) is 0 Å². The van der Waals surface area contributed by atoms with Gasteiger partial charge in [0.2, 0.25) is 0 Å². The normalized spacial score (nSPS) is 11.6. The van der Waals surface area contributed by atoms with Gasteiger partial charge < -0.3 is 5.32 Å². The first-order valence-corrected chi connectivity index (χ1v) is 11.5. The molecule has 0 aliphatic heterocycles. The summed E-state index contributed by atoms with van der Waals surface area (Å²) >= 11 is 0. The van der Waals surface area contributed by atoms with Gasteiger partial charge in [-0.25, -0.2) is 0 Å². The van der Waals surface area contributed by atoms with Crippen molar-refractivity contribution in [3.63, 3.8) is 0 Å². The van der Waals surface area contributed by atoms with E-state index in [1.165, 1.54) is 0 Å². The predicted molar refractivity (Wildman–Crippen MR) is 114 cm³/mol. The minimum absolute atomic E-state index is 0.658. The van der Waals surface area contributed by atoms with Crippen molar-refractivity contribution < 1.29 is 0 Å². The fraction of sp³-hybridized carbons (Fsp3) is 0.391. The SMILES string of the molecule is CC(C)[Si](C#Cc1cccc(Nc2ccccc2)c1)(C(C)C)C(C)C. The lowest BCUT2D eigenvalue weighted by atomic mass is 10.2. The van der Waals surface area contributed by atoms with Gasteiger partial charge in [-0.2, -0.15) is 0 Å². The monoisotopic (exact) mass is 349 g/mol. The summed E-state index contributed by atoms with van der Waals surface area (Å²) in [6, 6.07) is 18.7. The average Bonchev–Trinajstić information content (AvgIpc) is 2.55. The minimum atomic E-state index is -1.68. The molecule has 0 heterocycles. The van der Waals surface area contributed by atoms with Gasteiger partial charge in [0.1, 0.15) is 8.07 Å². The summed E-state index contributed by atoms with van der Waals surface area (Å²) < 4.78 is 0. The molecule has 0 amide bonds. The Morgan fingerprint density at radius 3 is 1.84 bits per heavy atom. The Morgan fingerprint density at radius 2 is 1.28 bits per heavy atom. The van der Waals surface area contributed by atoms with Crippen LogP contribution >= 0.6 is 0 Å². The molecule has 2 aromatic carbocycles. The molecule has 1 nitrogen and oxygen atoms in total. The molecule has 2 rings (SSSR count). The molecule has 132 valence electrons. The minimum Gasteiger partial charge on any atom is -0.355 e. The van der Waals surface area contributed by atoms with Crippen molar-refractivity contribution >= 4 is 19.4 Å². The van der Waals surface area contributed by atoms with E-state index in [0.717, 1.165) is 16.9 Å². The van der Waals surface area contributed by atoms with E-state index in [2.05, 4.69) is 94.7 Å². The van der Waals surface area contributed by atoms with Gasteiger partial charge in [0, 0.05) is 16.9 Å². The lowest BCUT2D eigenvalue weighted by molar-refractivity contribution is 0.838. The van der Waals surface area contributed by atoms with E-state index >= 15 is 0 Å². The molecule has 0 aliphatic carbocycles. The summed E-state index contributed by atoms with van der Waals surface area (Å²) in [5.74, 6) is 3.53. The zero-order valence-electron chi connectivity index (χ0n) is 16.4. The zero-order valence-corrected chi connectivity index (χ0v) is 17.4. The second kappa shape index (κ2) is 8.40. The number of para-hydroxylation sites is 1. The first-order chi connectivity index (χ1) is 11.9. The molecule has 0 saturated heterocycles. The van der Waals surface area contributed by atoms with Crippen LogP contribution in [0.25, 0.3) is 0 Å². The molecular formula is C23H31NSi. The third kappa shape index (κ3) is 4.55. The first-order valence-electron chi connectivity index (χ1n) is 9.31. The number of hydrogen-bond donors (Lipinski definition) is 1. The summed E-state index contributed by atoms with van der Waals surface area (Å²) in [6.07, 6.45) is 0. The fourth-order valence-corrected chi connectivity index (χ4v) is 9.20. The van der Waals surface area contributed by atoms with Crippen LogP contribution < -0.4 is 5.32 Å². The van der Waals surface area contributed by atoms with Crippen LogP contribution in [0.15, 0.2) is 54.6 Å². The van der Waals surface area contributed by atoms with Gasteiger partial charge in [0.05, 0.1) is 0 Å². The van der Waals surface area contributed by atoms with Crippen LogP contribution in [0.5, 0.6) is 0 Å². The van der Waals surface area contributed by atoms with Crippen LogP contribution in [0.3, 0.4) is 0 Å². The summed E-state index contributed by atoms with van der Waals surface area (Å²) in [5, 5.41) is 3.45. The maximum Gasteiger partial charge on any atom is 0.146 e.